The van der Waals surface area contributed by atoms with E-state index in [1.165, 1.54) is 0 Å². The minimum Gasteiger partial charge on any atom is -0.330 e. The predicted molar refractivity (Wildman–Crippen MR) is 59.2 cm³/mol. The van der Waals surface area contributed by atoms with Crippen LogP contribution >= 0.6 is 0 Å². The maximum Gasteiger partial charge on any atom is 0.0447 e. The average molecular weight is 193 g/mol. The summed E-state index contributed by atoms with van der Waals surface area (Å²) in [6, 6.07) is 6.00. The Balaban J connectivity index is 2.54. The maximum absolute atomic E-state index is 5.73. The highest BCUT2D eigenvalue weighted by molar-refractivity contribution is 5.09. The molecule has 0 aliphatic carbocycles. The third kappa shape index (κ3) is 3.44. The summed E-state index contributed by atoms with van der Waals surface area (Å²) in [5.74, 6) is 0.388. The molecule has 0 amide bonds. The van der Waals surface area contributed by atoms with E-state index in [2.05, 4.69) is 24.0 Å². The van der Waals surface area contributed by atoms with Gasteiger partial charge >= 0.3 is 0 Å². The van der Waals surface area contributed by atoms with Crippen molar-refractivity contribution >= 4 is 0 Å². The molecule has 1 rings (SSSR count). The number of nitrogens with zero attached hydrogens (tertiary/aromatic N) is 2. The van der Waals surface area contributed by atoms with Crippen molar-refractivity contribution in [3.05, 3.63) is 30.1 Å². The highest BCUT2D eigenvalue weighted by Gasteiger charge is 2.10. The molecule has 0 saturated carbocycles. The van der Waals surface area contributed by atoms with Gasteiger partial charge in [0.1, 0.15) is 0 Å². The summed E-state index contributed by atoms with van der Waals surface area (Å²) in [7, 11) is 4.15. The van der Waals surface area contributed by atoms with E-state index < -0.39 is 0 Å². The van der Waals surface area contributed by atoms with Crippen LogP contribution in [0.3, 0.4) is 0 Å². The molecule has 1 atom stereocenters. The smallest absolute Gasteiger partial charge is 0.0447 e. The molecule has 0 saturated heterocycles. The van der Waals surface area contributed by atoms with E-state index >= 15 is 0 Å². The number of pyridine rings is 1. The molecule has 0 radical (unpaired) electrons. The fraction of sp³-hybridized carbons (Fsp3) is 0.545. The van der Waals surface area contributed by atoms with Crippen LogP contribution in [0.1, 0.15) is 18.0 Å². The Morgan fingerprint density at radius 3 is 2.71 bits per heavy atom. The molecule has 1 aromatic heterocycles. The monoisotopic (exact) mass is 193 g/mol. The Morgan fingerprint density at radius 1 is 1.43 bits per heavy atom. The van der Waals surface area contributed by atoms with Crippen LogP contribution in [0.25, 0.3) is 0 Å². The summed E-state index contributed by atoms with van der Waals surface area (Å²) in [6.07, 6.45) is 2.90. The molecule has 0 aliphatic rings. The molecule has 0 bridgehead atoms. The molecule has 0 aromatic carbocycles. The standard InChI is InChI=1S/C11H19N3/c1-14(2)8-6-10(9-12)11-5-3-4-7-13-11/h3-5,7,10H,6,8-9,12H2,1-2H3. The van der Waals surface area contributed by atoms with Crippen LogP contribution in [-0.4, -0.2) is 37.1 Å². The number of rotatable bonds is 5. The molecule has 1 aromatic rings. The second-order valence-electron chi connectivity index (χ2n) is 3.78. The van der Waals surface area contributed by atoms with Crippen LogP contribution in [0.5, 0.6) is 0 Å². The van der Waals surface area contributed by atoms with Gasteiger partial charge in [-0.15, -0.1) is 0 Å². The summed E-state index contributed by atoms with van der Waals surface area (Å²) in [6.45, 7) is 1.73. The van der Waals surface area contributed by atoms with Gasteiger partial charge < -0.3 is 10.6 Å². The summed E-state index contributed by atoms with van der Waals surface area (Å²) < 4.78 is 0. The topological polar surface area (TPSA) is 42.1 Å². The Bertz CT molecular complexity index is 246. The Morgan fingerprint density at radius 2 is 2.21 bits per heavy atom. The molecule has 78 valence electrons. The van der Waals surface area contributed by atoms with E-state index in [0.717, 1.165) is 18.7 Å². The van der Waals surface area contributed by atoms with Crippen LogP contribution in [0, 0.1) is 0 Å². The number of aromatic nitrogens is 1. The molecule has 1 unspecified atom stereocenters. The van der Waals surface area contributed by atoms with E-state index in [4.69, 9.17) is 5.73 Å². The van der Waals surface area contributed by atoms with Crippen molar-refractivity contribution in [1.29, 1.82) is 0 Å². The first kappa shape index (κ1) is 11.1. The van der Waals surface area contributed by atoms with Crippen LogP contribution < -0.4 is 5.73 Å². The SMILES string of the molecule is CN(C)CCC(CN)c1ccccn1. The van der Waals surface area contributed by atoms with Gasteiger partial charge in [0.15, 0.2) is 0 Å². The lowest BCUT2D eigenvalue weighted by Crippen LogP contribution is -2.21. The zero-order chi connectivity index (χ0) is 10.4. The molecule has 3 heteroatoms. The first-order valence-corrected chi connectivity index (χ1v) is 4.99. The molecule has 2 N–H and O–H groups in total. The fourth-order valence-corrected chi connectivity index (χ4v) is 1.42. The van der Waals surface area contributed by atoms with Gasteiger partial charge in [0.2, 0.25) is 0 Å². The summed E-state index contributed by atoms with van der Waals surface area (Å²) in [4.78, 5) is 6.50. The molecule has 3 nitrogen and oxygen atoms in total. The second-order valence-corrected chi connectivity index (χ2v) is 3.78. The van der Waals surface area contributed by atoms with E-state index in [1.54, 1.807) is 0 Å². The Kier molecular flexibility index (Phi) is 4.56. The highest BCUT2D eigenvalue weighted by atomic mass is 15.0. The normalized spacial score (nSPS) is 13.1. The lowest BCUT2D eigenvalue weighted by Gasteiger charge is -2.16. The first-order chi connectivity index (χ1) is 6.74. The van der Waals surface area contributed by atoms with Crippen LogP contribution in [0.15, 0.2) is 24.4 Å². The molecular formula is C11H19N3. The van der Waals surface area contributed by atoms with Crippen LogP contribution in [-0.2, 0) is 0 Å². The second kappa shape index (κ2) is 5.73. The van der Waals surface area contributed by atoms with Crippen molar-refractivity contribution in [3.63, 3.8) is 0 Å². The molecular weight excluding hydrogens is 174 g/mol. The van der Waals surface area contributed by atoms with Crippen LogP contribution in [0.4, 0.5) is 0 Å². The quantitative estimate of drug-likeness (QED) is 0.760. The van der Waals surface area contributed by atoms with Gasteiger partial charge in [-0.3, -0.25) is 4.98 Å². The lowest BCUT2D eigenvalue weighted by atomic mass is 10.0. The molecule has 1 heterocycles. The molecule has 14 heavy (non-hydrogen) atoms. The minimum absolute atomic E-state index is 0.388. The number of nitrogens with two attached hydrogens (primary N) is 1. The summed E-state index contributed by atoms with van der Waals surface area (Å²) >= 11 is 0. The zero-order valence-corrected chi connectivity index (χ0v) is 8.98. The highest BCUT2D eigenvalue weighted by Crippen LogP contribution is 2.15. The Hall–Kier alpha value is -0.930. The van der Waals surface area contributed by atoms with E-state index in [1.807, 2.05) is 24.4 Å². The molecule has 0 spiro atoms. The summed E-state index contributed by atoms with van der Waals surface area (Å²) in [5, 5.41) is 0. The van der Waals surface area contributed by atoms with E-state index in [0.29, 0.717) is 12.5 Å². The third-order valence-corrected chi connectivity index (χ3v) is 2.32. The van der Waals surface area contributed by atoms with Gasteiger partial charge in [0.25, 0.3) is 0 Å². The number of hydrogen-bond donors (Lipinski definition) is 1. The third-order valence-electron chi connectivity index (χ3n) is 2.32. The van der Waals surface area contributed by atoms with Crippen LogP contribution in [0.2, 0.25) is 0 Å². The van der Waals surface area contributed by atoms with E-state index in [-0.39, 0.29) is 0 Å². The molecule has 0 aliphatic heterocycles. The number of hydrogen-bond acceptors (Lipinski definition) is 3. The van der Waals surface area contributed by atoms with Crippen molar-refractivity contribution in [2.75, 3.05) is 27.2 Å². The summed E-state index contributed by atoms with van der Waals surface area (Å²) in [5.41, 5.74) is 6.84. The zero-order valence-electron chi connectivity index (χ0n) is 8.98. The Labute approximate surface area is 85.9 Å². The van der Waals surface area contributed by atoms with Crippen molar-refractivity contribution in [2.24, 2.45) is 5.73 Å². The van der Waals surface area contributed by atoms with Gasteiger partial charge in [-0.2, -0.15) is 0 Å². The van der Waals surface area contributed by atoms with Crippen molar-refractivity contribution in [3.8, 4) is 0 Å². The fourth-order valence-electron chi connectivity index (χ4n) is 1.42. The maximum atomic E-state index is 5.73. The largest absolute Gasteiger partial charge is 0.330 e. The molecule has 0 fully saturated rings. The van der Waals surface area contributed by atoms with Gasteiger partial charge in [0, 0.05) is 24.4 Å². The lowest BCUT2D eigenvalue weighted by molar-refractivity contribution is 0.380. The van der Waals surface area contributed by atoms with Gasteiger partial charge in [0.05, 0.1) is 0 Å². The van der Waals surface area contributed by atoms with Crippen molar-refractivity contribution in [1.82, 2.24) is 9.88 Å². The van der Waals surface area contributed by atoms with E-state index in [9.17, 15) is 0 Å². The van der Waals surface area contributed by atoms with Crippen molar-refractivity contribution in [2.45, 2.75) is 12.3 Å². The average Bonchev–Trinajstić information content (AvgIpc) is 2.20. The van der Waals surface area contributed by atoms with Gasteiger partial charge in [-0.1, -0.05) is 6.07 Å². The van der Waals surface area contributed by atoms with Gasteiger partial charge in [-0.25, -0.2) is 0 Å². The predicted octanol–water partition coefficient (Wildman–Crippen LogP) is 1.08. The van der Waals surface area contributed by atoms with Crippen molar-refractivity contribution < 1.29 is 0 Å². The first-order valence-electron chi connectivity index (χ1n) is 4.99. The van der Waals surface area contributed by atoms with Gasteiger partial charge in [-0.05, 0) is 39.2 Å². The minimum atomic E-state index is 0.388.